The fraction of sp³-hybridized carbons (Fsp3) is 0.538. The van der Waals surface area contributed by atoms with Gasteiger partial charge in [-0.2, -0.15) is 0 Å². The quantitative estimate of drug-likeness (QED) is 0.705. The molecular formula is C13H21N. The summed E-state index contributed by atoms with van der Waals surface area (Å²) in [5.74, 6) is 0.613. The van der Waals surface area contributed by atoms with Crippen LogP contribution in [0.15, 0.2) is 24.3 Å². The van der Waals surface area contributed by atoms with Crippen molar-refractivity contribution in [2.45, 2.75) is 33.1 Å². The third-order valence-electron chi connectivity index (χ3n) is 2.52. The van der Waals surface area contributed by atoms with Gasteiger partial charge in [-0.25, -0.2) is 0 Å². The Hall–Kier alpha value is -0.820. The van der Waals surface area contributed by atoms with Crippen molar-refractivity contribution in [3.05, 3.63) is 35.4 Å². The van der Waals surface area contributed by atoms with E-state index in [2.05, 4.69) is 50.4 Å². The standard InChI is InChI=1S/C13H21N/c1-4-9-14-10-12(3)13-7-5-11(2)6-8-13/h5-8,12,14H,4,9-10H2,1-3H3. The van der Waals surface area contributed by atoms with Gasteiger partial charge in [-0.1, -0.05) is 43.7 Å². The maximum absolute atomic E-state index is 3.45. The Morgan fingerprint density at radius 2 is 1.86 bits per heavy atom. The second kappa shape index (κ2) is 5.82. The minimum atomic E-state index is 0.613. The van der Waals surface area contributed by atoms with E-state index in [9.17, 15) is 0 Å². The Balaban J connectivity index is 2.43. The van der Waals surface area contributed by atoms with Gasteiger partial charge in [-0.15, -0.1) is 0 Å². The summed E-state index contributed by atoms with van der Waals surface area (Å²) in [6.45, 7) is 8.80. The Bertz CT molecular complexity index is 250. The SMILES string of the molecule is CCCNCC(C)c1ccc(C)cc1. The highest BCUT2D eigenvalue weighted by molar-refractivity contribution is 5.24. The van der Waals surface area contributed by atoms with Crippen LogP contribution in [0.1, 0.15) is 37.3 Å². The number of benzene rings is 1. The molecular weight excluding hydrogens is 170 g/mol. The lowest BCUT2D eigenvalue weighted by Gasteiger charge is -2.12. The van der Waals surface area contributed by atoms with Crippen molar-refractivity contribution in [3.63, 3.8) is 0 Å². The molecule has 1 N–H and O–H groups in total. The lowest BCUT2D eigenvalue weighted by atomic mass is 10.00. The van der Waals surface area contributed by atoms with E-state index in [-0.39, 0.29) is 0 Å². The smallest absolute Gasteiger partial charge is 0.00174 e. The van der Waals surface area contributed by atoms with Gasteiger partial charge in [0, 0.05) is 6.54 Å². The highest BCUT2D eigenvalue weighted by Crippen LogP contribution is 2.14. The van der Waals surface area contributed by atoms with Crippen LogP contribution in [0.3, 0.4) is 0 Å². The Morgan fingerprint density at radius 1 is 1.21 bits per heavy atom. The molecule has 0 fully saturated rings. The molecule has 78 valence electrons. The summed E-state index contributed by atoms with van der Waals surface area (Å²) in [6.07, 6.45) is 1.21. The molecule has 1 aromatic carbocycles. The molecule has 1 nitrogen and oxygen atoms in total. The summed E-state index contributed by atoms with van der Waals surface area (Å²) in [5.41, 5.74) is 2.77. The van der Waals surface area contributed by atoms with Gasteiger partial charge >= 0.3 is 0 Å². The first-order chi connectivity index (χ1) is 6.74. The zero-order chi connectivity index (χ0) is 10.4. The van der Waals surface area contributed by atoms with Gasteiger partial charge in [0.2, 0.25) is 0 Å². The molecule has 0 bridgehead atoms. The van der Waals surface area contributed by atoms with Crippen LogP contribution in [0.25, 0.3) is 0 Å². The molecule has 1 aromatic rings. The molecule has 0 amide bonds. The summed E-state index contributed by atoms with van der Waals surface area (Å²) in [7, 11) is 0. The maximum atomic E-state index is 3.45. The molecule has 1 unspecified atom stereocenters. The molecule has 0 saturated carbocycles. The summed E-state index contributed by atoms with van der Waals surface area (Å²) < 4.78 is 0. The molecule has 0 spiro atoms. The Kier molecular flexibility index (Phi) is 4.68. The molecule has 0 aliphatic heterocycles. The van der Waals surface area contributed by atoms with Crippen molar-refractivity contribution < 1.29 is 0 Å². The van der Waals surface area contributed by atoms with Gasteiger partial charge < -0.3 is 5.32 Å². The predicted octanol–water partition coefficient (Wildman–Crippen LogP) is 3.10. The van der Waals surface area contributed by atoms with Gasteiger partial charge in [0.05, 0.1) is 0 Å². The minimum absolute atomic E-state index is 0.613. The Labute approximate surface area is 87.5 Å². The van der Waals surface area contributed by atoms with Crippen LogP contribution in [0, 0.1) is 6.92 Å². The van der Waals surface area contributed by atoms with Crippen molar-refractivity contribution in [2.24, 2.45) is 0 Å². The van der Waals surface area contributed by atoms with E-state index in [0.29, 0.717) is 5.92 Å². The Morgan fingerprint density at radius 3 is 2.43 bits per heavy atom. The summed E-state index contributed by atoms with van der Waals surface area (Å²) >= 11 is 0. The van der Waals surface area contributed by atoms with Crippen LogP contribution >= 0.6 is 0 Å². The molecule has 14 heavy (non-hydrogen) atoms. The lowest BCUT2D eigenvalue weighted by molar-refractivity contribution is 0.609. The van der Waals surface area contributed by atoms with E-state index in [0.717, 1.165) is 13.1 Å². The molecule has 0 aliphatic carbocycles. The maximum Gasteiger partial charge on any atom is 0.00174 e. The van der Waals surface area contributed by atoms with E-state index in [4.69, 9.17) is 0 Å². The first-order valence-electron chi connectivity index (χ1n) is 5.51. The van der Waals surface area contributed by atoms with E-state index in [1.807, 2.05) is 0 Å². The van der Waals surface area contributed by atoms with Crippen molar-refractivity contribution in [3.8, 4) is 0 Å². The number of hydrogen-bond acceptors (Lipinski definition) is 1. The minimum Gasteiger partial charge on any atom is -0.316 e. The zero-order valence-electron chi connectivity index (χ0n) is 9.51. The first-order valence-corrected chi connectivity index (χ1v) is 5.51. The van der Waals surface area contributed by atoms with Gasteiger partial charge in [0.1, 0.15) is 0 Å². The van der Waals surface area contributed by atoms with Crippen LogP contribution in [0.2, 0.25) is 0 Å². The second-order valence-corrected chi connectivity index (χ2v) is 4.02. The van der Waals surface area contributed by atoms with Crippen LogP contribution in [-0.4, -0.2) is 13.1 Å². The van der Waals surface area contributed by atoms with Crippen LogP contribution < -0.4 is 5.32 Å². The highest BCUT2D eigenvalue weighted by atomic mass is 14.8. The van der Waals surface area contributed by atoms with Crippen LogP contribution in [0.5, 0.6) is 0 Å². The van der Waals surface area contributed by atoms with E-state index in [1.165, 1.54) is 17.5 Å². The van der Waals surface area contributed by atoms with Crippen molar-refractivity contribution >= 4 is 0 Å². The van der Waals surface area contributed by atoms with Gasteiger partial charge in [0.25, 0.3) is 0 Å². The number of nitrogens with one attached hydrogen (secondary N) is 1. The fourth-order valence-corrected chi connectivity index (χ4v) is 1.51. The summed E-state index contributed by atoms with van der Waals surface area (Å²) in [6, 6.07) is 8.83. The second-order valence-electron chi connectivity index (χ2n) is 4.02. The van der Waals surface area contributed by atoms with Crippen LogP contribution in [0.4, 0.5) is 0 Å². The molecule has 0 saturated heterocycles. The molecule has 1 atom stereocenters. The first kappa shape index (κ1) is 11.3. The summed E-state index contributed by atoms with van der Waals surface area (Å²) in [5, 5.41) is 3.45. The van der Waals surface area contributed by atoms with Gasteiger partial charge in [-0.05, 0) is 31.4 Å². The zero-order valence-corrected chi connectivity index (χ0v) is 9.51. The molecule has 0 aromatic heterocycles. The average molecular weight is 191 g/mol. The largest absolute Gasteiger partial charge is 0.316 e. The third-order valence-corrected chi connectivity index (χ3v) is 2.52. The highest BCUT2D eigenvalue weighted by Gasteiger charge is 2.03. The average Bonchev–Trinajstić information content (AvgIpc) is 2.19. The fourth-order valence-electron chi connectivity index (χ4n) is 1.51. The predicted molar refractivity (Wildman–Crippen MR) is 62.8 cm³/mol. The van der Waals surface area contributed by atoms with Crippen molar-refractivity contribution in [1.82, 2.24) is 5.32 Å². The molecule has 0 radical (unpaired) electrons. The van der Waals surface area contributed by atoms with Crippen molar-refractivity contribution in [2.75, 3.05) is 13.1 Å². The molecule has 1 rings (SSSR count). The monoisotopic (exact) mass is 191 g/mol. The molecule has 1 heteroatoms. The van der Waals surface area contributed by atoms with Gasteiger partial charge in [0.15, 0.2) is 0 Å². The third kappa shape index (κ3) is 3.51. The molecule has 0 aliphatic rings. The topological polar surface area (TPSA) is 12.0 Å². The lowest BCUT2D eigenvalue weighted by Crippen LogP contribution is -2.20. The molecule has 0 heterocycles. The van der Waals surface area contributed by atoms with E-state index in [1.54, 1.807) is 0 Å². The number of rotatable bonds is 5. The number of aryl methyl sites for hydroxylation is 1. The van der Waals surface area contributed by atoms with Crippen molar-refractivity contribution in [1.29, 1.82) is 0 Å². The normalized spacial score (nSPS) is 12.8. The van der Waals surface area contributed by atoms with E-state index < -0.39 is 0 Å². The summed E-state index contributed by atoms with van der Waals surface area (Å²) in [4.78, 5) is 0. The van der Waals surface area contributed by atoms with Crippen LogP contribution in [-0.2, 0) is 0 Å². The van der Waals surface area contributed by atoms with Gasteiger partial charge in [-0.3, -0.25) is 0 Å². The van der Waals surface area contributed by atoms with E-state index >= 15 is 0 Å². The number of hydrogen-bond donors (Lipinski definition) is 1.